The van der Waals surface area contributed by atoms with Gasteiger partial charge >= 0.3 is 0 Å². The number of thioether (sulfide) groups is 1. The van der Waals surface area contributed by atoms with Crippen LogP contribution in [0, 0.1) is 0 Å². The Morgan fingerprint density at radius 2 is 1.82 bits per heavy atom. The summed E-state index contributed by atoms with van der Waals surface area (Å²) in [5.41, 5.74) is 1.12. The van der Waals surface area contributed by atoms with Gasteiger partial charge in [0.1, 0.15) is 0 Å². The van der Waals surface area contributed by atoms with E-state index >= 15 is 0 Å². The summed E-state index contributed by atoms with van der Waals surface area (Å²) in [4.78, 5) is 5.63. The summed E-state index contributed by atoms with van der Waals surface area (Å²) in [6, 6.07) is 14.4. The molecule has 0 aliphatic carbocycles. The predicted molar refractivity (Wildman–Crippen MR) is 79.9 cm³/mol. The maximum absolute atomic E-state index is 4.36. The molecule has 1 heterocycles. The molecule has 0 saturated heterocycles. The van der Waals surface area contributed by atoms with Gasteiger partial charge in [0.15, 0.2) is 0 Å². The fourth-order valence-corrected chi connectivity index (χ4v) is 2.62. The highest BCUT2D eigenvalue weighted by Crippen LogP contribution is 2.33. The molecule has 0 amide bonds. The lowest BCUT2D eigenvalue weighted by Gasteiger charge is -2.10. The molecule has 1 atom stereocenters. The smallest absolute Gasteiger partial charge is 0.0534 e. The van der Waals surface area contributed by atoms with Crippen LogP contribution in [0.1, 0.15) is 17.9 Å². The number of halogens is 2. The van der Waals surface area contributed by atoms with Crippen molar-refractivity contribution in [1.82, 2.24) is 4.98 Å². The van der Waals surface area contributed by atoms with Crippen LogP contribution >= 0.6 is 40.1 Å². The zero-order valence-electron chi connectivity index (χ0n) is 9.34. The Morgan fingerprint density at radius 1 is 1.12 bits per heavy atom. The van der Waals surface area contributed by atoms with Crippen molar-refractivity contribution in [3.05, 3.63) is 58.8 Å². The minimum Gasteiger partial charge on any atom is -0.260 e. The van der Waals surface area contributed by atoms with Crippen LogP contribution in [0.5, 0.6) is 0 Å². The van der Waals surface area contributed by atoms with E-state index in [9.17, 15) is 0 Å². The fraction of sp³-hybridized carbons (Fsp3) is 0.154. The second-order valence-corrected chi connectivity index (χ2v) is 5.80. The molecule has 0 bridgehead atoms. The van der Waals surface area contributed by atoms with Crippen LogP contribution in [-0.4, -0.2) is 4.98 Å². The van der Waals surface area contributed by atoms with E-state index in [-0.39, 0.29) is 12.4 Å². The van der Waals surface area contributed by atoms with Gasteiger partial charge in [-0.05, 0) is 43.3 Å². The highest BCUT2D eigenvalue weighted by atomic mass is 79.9. The molecule has 0 spiro atoms. The molecule has 90 valence electrons. The number of benzene rings is 1. The maximum atomic E-state index is 4.36. The van der Waals surface area contributed by atoms with Crippen molar-refractivity contribution in [2.24, 2.45) is 0 Å². The molecule has 17 heavy (non-hydrogen) atoms. The predicted octanol–water partition coefficient (Wildman–Crippen LogP) is 5.12. The van der Waals surface area contributed by atoms with Crippen molar-refractivity contribution >= 4 is 40.1 Å². The molecule has 2 rings (SSSR count). The van der Waals surface area contributed by atoms with E-state index in [4.69, 9.17) is 0 Å². The molecule has 1 unspecified atom stereocenters. The van der Waals surface area contributed by atoms with Crippen LogP contribution in [0.3, 0.4) is 0 Å². The van der Waals surface area contributed by atoms with Gasteiger partial charge in [-0.25, -0.2) is 0 Å². The molecule has 1 aromatic heterocycles. The van der Waals surface area contributed by atoms with Gasteiger partial charge in [0.05, 0.1) is 5.69 Å². The fourth-order valence-electron chi connectivity index (χ4n) is 1.39. The Labute approximate surface area is 121 Å². The third kappa shape index (κ3) is 4.34. The van der Waals surface area contributed by atoms with E-state index in [1.807, 2.05) is 30.1 Å². The molecule has 0 saturated carbocycles. The lowest BCUT2D eigenvalue weighted by Crippen LogP contribution is -1.91. The van der Waals surface area contributed by atoms with Crippen molar-refractivity contribution in [2.75, 3.05) is 0 Å². The number of rotatable bonds is 3. The van der Waals surface area contributed by atoms with Crippen molar-refractivity contribution in [2.45, 2.75) is 17.1 Å². The zero-order chi connectivity index (χ0) is 11.4. The number of nitrogens with zero attached hydrogens (tertiary/aromatic N) is 1. The molecule has 0 aliphatic rings. The summed E-state index contributed by atoms with van der Waals surface area (Å²) in [5, 5.41) is 0.377. The quantitative estimate of drug-likeness (QED) is 0.725. The first kappa shape index (κ1) is 14.6. The van der Waals surface area contributed by atoms with E-state index in [0.29, 0.717) is 5.25 Å². The summed E-state index contributed by atoms with van der Waals surface area (Å²) >= 11 is 5.26. The number of pyridine rings is 1. The minimum atomic E-state index is 0. The number of hydrogen-bond donors (Lipinski definition) is 0. The molecular formula is C13H13BrClNS. The van der Waals surface area contributed by atoms with Gasteiger partial charge in [0.2, 0.25) is 0 Å². The van der Waals surface area contributed by atoms with Crippen molar-refractivity contribution in [1.29, 1.82) is 0 Å². The summed E-state index contributed by atoms with van der Waals surface area (Å²) in [5.74, 6) is 0. The summed E-state index contributed by atoms with van der Waals surface area (Å²) < 4.78 is 1.11. The van der Waals surface area contributed by atoms with Crippen molar-refractivity contribution in [3.63, 3.8) is 0 Å². The summed E-state index contributed by atoms with van der Waals surface area (Å²) in [6.07, 6.45) is 1.84. The van der Waals surface area contributed by atoms with E-state index in [0.717, 1.165) is 10.2 Å². The van der Waals surface area contributed by atoms with Crippen molar-refractivity contribution < 1.29 is 0 Å². The molecule has 1 nitrogen and oxygen atoms in total. The highest BCUT2D eigenvalue weighted by molar-refractivity contribution is 9.10. The Kier molecular flexibility index (Phi) is 6.03. The first-order valence-electron chi connectivity index (χ1n) is 5.09. The first-order valence-corrected chi connectivity index (χ1v) is 6.76. The molecule has 0 N–H and O–H groups in total. The molecule has 1 aromatic carbocycles. The standard InChI is InChI=1S/C13H12BrNS.ClH/c1-10(13-4-2-3-9-15-13)16-12-7-5-11(14)6-8-12;/h2-10H,1H3;1H. The Hall–Kier alpha value is -0.510. The molecule has 2 aromatic rings. The monoisotopic (exact) mass is 329 g/mol. The lowest BCUT2D eigenvalue weighted by molar-refractivity contribution is 1.01. The second kappa shape index (κ2) is 7.04. The van der Waals surface area contributed by atoms with Crippen LogP contribution in [-0.2, 0) is 0 Å². The maximum Gasteiger partial charge on any atom is 0.0534 e. The Balaban J connectivity index is 0.00000144. The van der Waals surface area contributed by atoms with Gasteiger partial charge in [0.25, 0.3) is 0 Å². The second-order valence-electron chi connectivity index (χ2n) is 3.47. The zero-order valence-corrected chi connectivity index (χ0v) is 12.6. The SMILES string of the molecule is CC(Sc1ccc(Br)cc1)c1ccccn1.Cl. The van der Waals surface area contributed by atoms with E-state index < -0.39 is 0 Å². The van der Waals surface area contributed by atoms with Gasteiger partial charge in [-0.2, -0.15) is 0 Å². The molecule has 0 fully saturated rings. The third-order valence-electron chi connectivity index (χ3n) is 2.23. The molecule has 0 aliphatic heterocycles. The highest BCUT2D eigenvalue weighted by Gasteiger charge is 2.07. The Bertz CT molecular complexity index is 447. The van der Waals surface area contributed by atoms with Crippen LogP contribution in [0.25, 0.3) is 0 Å². The minimum absolute atomic E-state index is 0. The normalized spacial score (nSPS) is 11.6. The van der Waals surface area contributed by atoms with Crippen LogP contribution in [0.2, 0.25) is 0 Å². The van der Waals surface area contributed by atoms with E-state index in [2.05, 4.69) is 58.2 Å². The van der Waals surface area contributed by atoms with Gasteiger partial charge in [-0.3, -0.25) is 4.98 Å². The van der Waals surface area contributed by atoms with E-state index in [1.54, 1.807) is 0 Å². The van der Waals surface area contributed by atoms with Crippen LogP contribution < -0.4 is 0 Å². The average molecular weight is 331 g/mol. The Morgan fingerprint density at radius 3 is 2.41 bits per heavy atom. The largest absolute Gasteiger partial charge is 0.260 e. The van der Waals surface area contributed by atoms with Crippen LogP contribution in [0.4, 0.5) is 0 Å². The number of hydrogen-bond acceptors (Lipinski definition) is 2. The summed E-state index contributed by atoms with van der Waals surface area (Å²) in [7, 11) is 0. The molecule has 4 heteroatoms. The van der Waals surface area contributed by atoms with Gasteiger partial charge in [-0.1, -0.05) is 22.0 Å². The third-order valence-corrected chi connectivity index (χ3v) is 3.90. The van der Waals surface area contributed by atoms with Gasteiger partial charge in [0, 0.05) is 20.8 Å². The topological polar surface area (TPSA) is 12.9 Å². The van der Waals surface area contributed by atoms with Crippen LogP contribution in [0.15, 0.2) is 58.0 Å². The molecule has 0 radical (unpaired) electrons. The first-order chi connectivity index (χ1) is 7.75. The van der Waals surface area contributed by atoms with Gasteiger partial charge < -0.3 is 0 Å². The lowest BCUT2D eigenvalue weighted by atomic mass is 10.3. The molecular weight excluding hydrogens is 318 g/mol. The van der Waals surface area contributed by atoms with E-state index in [1.165, 1.54) is 4.90 Å². The van der Waals surface area contributed by atoms with Crippen molar-refractivity contribution in [3.8, 4) is 0 Å². The van der Waals surface area contributed by atoms with Gasteiger partial charge in [-0.15, -0.1) is 24.2 Å². The average Bonchev–Trinajstić information content (AvgIpc) is 2.33. The number of aromatic nitrogens is 1. The summed E-state index contributed by atoms with van der Waals surface area (Å²) in [6.45, 7) is 2.18.